The topological polar surface area (TPSA) is 80.1 Å². The fourth-order valence-electron chi connectivity index (χ4n) is 2.89. The molecule has 0 radical (unpaired) electrons. The quantitative estimate of drug-likeness (QED) is 0.718. The lowest BCUT2D eigenvalue weighted by atomic mass is 10.2. The van der Waals surface area contributed by atoms with Gasteiger partial charge in [-0.3, -0.25) is 14.2 Å². The molecule has 3 aromatic rings. The van der Waals surface area contributed by atoms with Crippen LogP contribution < -0.4 is 5.32 Å². The number of hydrogen-bond donors (Lipinski definition) is 1. The van der Waals surface area contributed by atoms with Crippen molar-refractivity contribution in [3.05, 3.63) is 72.4 Å². The van der Waals surface area contributed by atoms with Gasteiger partial charge in [0.25, 0.3) is 5.91 Å². The lowest BCUT2D eigenvalue weighted by Crippen LogP contribution is -2.26. The Morgan fingerprint density at radius 2 is 1.93 bits per heavy atom. The van der Waals surface area contributed by atoms with Gasteiger partial charge >= 0.3 is 0 Å². The number of amides is 2. The summed E-state index contributed by atoms with van der Waals surface area (Å²) in [5.41, 5.74) is 2.08. The first kappa shape index (κ1) is 17.9. The van der Waals surface area contributed by atoms with Gasteiger partial charge in [-0.25, -0.2) is 9.97 Å². The van der Waals surface area contributed by atoms with E-state index in [0.717, 1.165) is 18.4 Å². The average Bonchev–Trinajstić information content (AvgIpc) is 3.46. The van der Waals surface area contributed by atoms with E-state index in [1.807, 2.05) is 30.3 Å². The maximum Gasteiger partial charge on any atom is 0.274 e. The molecule has 0 spiro atoms. The fraction of sp³-hybridized carbons (Fsp3) is 0.238. The van der Waals surface area contributed by atoms with Crippen molar-refractivity contribution in [3.8, 4) is 5.82 Å². The van der Waals surface area contributed by atoms with Crippen molar-refractivity contribution in [2.75, 3.05) is 12.4 Å². The van der Waals surface area contributed by atoms with Gasteiger partial charge < -0.3 is 10.2 Å². The molecule has 2 amide bonds. The molecule has 4 rings (SSSR count). The second-order valence-corrected chi connectivity index (χ2v) is 6.98. The molecule has 1 saturated carbocycles. The van der Waals surface area contributed by atoms with Crippen molar-refractivity contribution in [2.45, 2.75) is 19.4 Å². The molecule has 0 aliphatic heterocycles. The van der Waals surface area contributed by atoms with Crippen LogP contribution in [0.3, 0.4) is 0 Å². The van der Waals surface area contributed by atoms with Crippen LogP contribution in [0.15, 0.2) is 61.2 Å². The van der Waals surface area contributed by atoms with Crippen LogP contribution in [-0.2, 0) is 11.3 Å². The maximum atomic E-state index is 12.6. The summed E-state index contributed by atoms with van der Waals surface area (Å²) in [5, 5.41) is 2.86. The van der Waals surface area contributed by atoms with Crippen molar-refractivity contribution in [1.29, 1.82) is 0 Å². The lowest BCUT2D eigenvalue weighted by molar-refractivity contribution is -0.117. The second kappa shape index (κ2) is 7.64. The van der Waals surface area contributed by atoms with Crippen molar-refractivity contribution < 1.29 is 9.59 Å². The molecule has 7 nitrogen and oxygen atoms in total. The molecule has 1 aromatic carbocycles. The normalized spacial score (nSPS) is 13.2. The number of benzene rings is 1. The highest BCUT2D eigenvalue weighted by molar-refractivity contribution is 5.94. The highest BCUT2D eigenvalue weighted by Crippen LogP contribution is 2.30. The first-order valence-corrected chi connectivity index (χ1v) is 9.21. The third kappa shape index (κ3) is 4.09. The highest BCUT2D eigenvalue weighted by atomic mass is 16.2. The van der Waals surface area contributed by atoms with E-state index in [0.29, 0.717) is 23.7 Å². The van der Waals surface area contributed by atoms with Crippen LogP contribution in [0.1, 0.15) is 28.9 Å². The summed E-state index contributed by atoms with van der Waals surface area (Å²) in [5.74, 6) is 0.666. The molecule has 7 heteroatoms. The van der Waals surface area contributed by atoms with Gasteiger partial charge in [0.15, 0.2) is 0 Å². The smallest absolute Gasteiger partial charge is 0.274 e. The number of carbonyl (C=O) groups is 2. The number of pyridine rings is 1. The largest absolute Gasteiger partial charge is 0.336 e. The number of nitrogens with one attached hydrogen (secondary N) is 1. The summed E-state index contributed by atoms with van der Waals surface area (Å²) < 4.78 is 1.69. The molecule has 2 heterocycles. The van der Waals surface area contributed by atoms with Crippen LogP contribution in [-0.4, -0.2) is 38.3 Å². The molecule has 0 saturated heterocycles. The summed E-state index contributed by atoms with van der Waals surface area (Å²) in [4.78, 5) is 34.6. The van der Waals surface area contributed by atoms with Gasteiger partial charge in [0.2, 0.25) is 5.91 Å². The predicted molar refractivity (Wildman–Crippen MR) is 105 cm³/mol. The Kier molecular flexibility index (Phi) is 4.89. The first-order valence-electron chi connectivity index (χ1n) is 9.21. The number of rotatable bonds is 6. The Balaban J connectivity index is 1.41. The van der Waals surface area contributed by atoms with Gasteiger partial charge in [-0.1, -0.05) is 30.3 Å². The summed E-state index contributed by atoms with van der Waals surface area (Å²) >= 11 is 0. The number of anilines is 1. The molecule has 1 fully saturated rings. The molecule has 1 N–H and O–H groups in total. The highest BCUT2D eigenvalue weighted by Gasteiger charge is 2.29. The van der Waals surface area contributed by atoms with Gasteiger partial charge in [-0.15, -0.1) is 0 Å². The molecule has 0 atom stereocenters. The number of imidazole rings is 1. The van der Waals surface area contributed by atoms with Crippen LogP contribution in [0.4, 0.5) is 5.69 Å². The summed E-state index contributed by atoms with van der Waals surface area (Å²) in [6.07, 6.45) is 6.76. The Hall–Kier alpha value is -3.48. The number of carbonyl (C=O) groups excluding carboxylic acids is 2. The Morgan fingerprint density at radius 3 is 2.61 bits per heavy atom. The standard InChI is InChI=1S/C21H21N5O2/c1-25(12-15-5-3-2-4-6-15)21(28)18-13-26(14-23-18)19-10-9-17(11-22-19)24-20(27)16-7-8-16/h2-6,9-11,13-14,16H,7-8,12H2,1H3,(H,24,27). The molecule has 0 unspecified atom stereocenters. The number of nitrogens with zero attached hydrogens (tertiary/aromatic N) is 4. The van der Waals surface area contributed by atoms with E-state index in [9.17, 15) is 9.59 Å². The van der Waals surface area contributed by atoms with Crippen molar-refractivity contribution >= 4 is 17.5 Å². The minimum absolute atomic E-state index is 0.0477. The van der Waals surface area contributed by atoms with Crippen molar-refractivity contribution in [2.24, 2.45) is 5.92 Å². The zero-order valence-electron chi connectivity index (χ0n) is 15.6. The Labute approximate surface area is 163 Å². The van der Waals surface area contributed by atoms with E-state index >= 15 is 0 Å². The van der Waals surface area contributed by atoms with Crippen LogP contribution in [0, 0.1) is 5.92 Å². The summed E-state index contributed by atoms with van der Waals surface area (Å²) in [6, 6.07) is 13.4. The van der Waals surface area contributed by atoms with Gasteiger partial charge in [-0.2, -0.15) is 0 Å². The van der Waals surface area contributed by atoms with Crippen LogP contribution in [0.25, 0.3) is 5.82 Å². The molecular formula is C21H21N5O2. The van der Waals surface area contributed by atoms with Gasteiger partial charge in [-0.05, 0) is 30.5 Å². The minimum atomic E-state index is -0.157. The predicted octanol–water partition coefficient (Wildman–Crippen LogP) is 2.89. The minimum Gasteiger partial charge on any atom is -0.336 e. The van der Waals surface area contributed by atoms with E-state index in [1.54, 1.807) is 47.4 Å². The van der Waals surface area contributed by atoms with E-state index in [2.05, 4.69) is 15.3 Å². The third-order valence-electron chi connectivity index (χ3n) is 4.64. The zero-order chi connectivity index (χ0) is 19.5. The summed E-state index contributed by atoms with van der Waals surface area (Å²) in [6.45, 7) is 0.514. The van der Waals surface area contributed by atoms with Gasteiger partial charge in [0.05, 0.1) is 11.9 Å². The SMILES string of the molecule is CN(Cc1ccccc1)C(=O)c1cn(-c2ccc(NC(=O)C3CC3)cn2)cn1. The molecule has 0 bridgehead atoms. The molecule has 1 aliphatic rings. The van der Waals surface area contributed by atoms with Crippen LogP contribution in [0.2, 0.25) is 0 Å². The Morgan fingerprint density at radius 1 is 1.14 bits per heavy atom. The molecule has 28 heavy (non-hydrogen) atoms. The maximum absolute atomic E-state index is 12.6. The average molecular weight is 375 g/mol. The van der Waals surface area contributed by atoms with E-state index in [4.69, 9.17) is 0 Å². The van der Waals surface area contributed by atoms with E-state index in [1.165, 1.54) is 0 Å². The number of aromatic nitrogens is 3. The molecule has 142 valence electrons. The molecule has 2 aromatic heterocycles. The third-order valence-corrected chi connectivity index (χ3v) is 4.64. The van der Waals surface area contributed by atoms with E-state index in [-0.39, 0.29) is 17.7 Å². The lowest BCUT2D eigenvalue weighted by Gasteiger charge is -2.15. The number of hydrogen-bond acceptors (Lipinski definition) is 4. The fourth-order valence-corrected chi connectivity index (χ4v) is 2.89. The van der Waals surface area contributed by atoms with Crippen molar-refractivity contribution in [3.63, 3.8) is 0 Å². The second-order valence-electron chi connectivity index (χ2n) is 6.98. The van der Waals surface area contributed by atoms with Gasteiger partial charge in [0, 0.05) is 25.7 Å². The summed E-state index contributed by atoms with van der Waals surface area (Å²) in [7, 11) is 1.75. The Bertz CT molecular complexity index is 978. The first-order chi connectivity index (χ1) is 13.6. The van der Waals surface area contributed by atoms with Crippen molar-refractivity contribution in [1.82, 2.24) is 19.4 Å². The van der Waals surface area contributed by atoms with Crippen LogP contribution >= 0.6 is 0 Å². The van der Waals surface area contributed by atoms with Gasteiger partial charge in [0.1, 0.15) is 17.8 Å². The van der Waals surface area contributed by atoms with E-state index < -0.39 is 0 Å². The zero-order valence-corrected chi connectivity index (χ0v) is 15.6. The molecular weight excluding hydrogens is 354 g/mol. The monoisotopic (exact) mass is 375 g/mol. The molecule has 1 aliphatic carbocycles. The van der Waals surface area contributed by atoms with Crippen LogP contribution in [0.5, 0.6) is 0 Å².